The van der Waals surface area contributed by atoms with Crippen molar-refractivity contribution in [2.45, 2.75) is 38.4 Å². The quantitative estimate of drug-likeness (QED) is 0.556. The van der Waals surface area contributed by atoms with Crippen LogP contribution in [0.15, 0.2) is 48.9 Å². The average molecular weight is 464 g/mol. The van der Waals surface area contributed by atoms with Gasteiger partial charge in [-0.15, -0.1) is 0 Å². The fourth-order valence-corrected chi connectivity index (χ4v) is 5.46. The standard InChI is InChI=1S/C26H33N5O3/c32-25-22-7-1-2-8-23(22)26(33)31(25)18-21(34-19-20-6-5-10-27-16-20)17-29-12-14-30(15-13-29)24-9-3-4-11-28-24/h3-6,9-11,16,21-23H,1-2,7-8,12-15,17-19H2. The highest BCUT2D eigenvalue weighted by Gasteiger charge is 2.48. The molecule has 180 valence electrons. The van der Waals surface area contributed by atoms with Crippen LogP contribution in [0.3, 0.4) is 0 Å². The molecule has 0 bridgehead atoms. The Morgan fingerprint density at radius 1 is 0.912 bits per heavy atom. The highest BCUT2D eigenvalue weighted by molar-refractivity contribution is 6.05. The molecule has 8 nitrogen and oxygen atoms in total. The number of aromatic nitrogens is 2. The zero-order valence-corrected chi connectivity index (χ0v) is 19.6. The number of anilines is 1. The van der Waals surface area contributed by atoms with Crippen LogP contribution in [0.4, 0.5) is 5.82 Å². The van der Waals surface area contributed by atoms with Crippen molar-refractivity contribution < 1.29 is 14.3 Å². The predicted molar refractivity (Wildman–Crippen MR) is 128 cm³/mol. The van der Waals surface area contributed by atoms with Crippen molar-refractivity contribution in [2.75, 3.05) is 44.2 Å². The number of carbonyl (C=O) groups is 2. The first kappa shape index (κ1) is 22.9. The van der Waals surface area contributed by atoms with Crippen LogP contribution in [0, 0.1) is 11.8 Å². The number of pyridine rings is 2. The largest absolute Gasteiger partial charge is 0.370 e. The van der Waals surface area contributed by atoms with Crippen molar-refractivity contribution in [3.8, 4) is 0 Å². The second-order valence-electron chi connectivity index (χ2n) is 9.55. The van der Waals surface area contributed by atoms with E-state index in [0.29, 0.717) is 19.7 Å². The van der Waals surface area contributed by atoms with Crippen molar-refractivity contribution in [2.24, 2.45) is 11.8 Å². The number of amides is 2. The van der Waals surface area contributed by atoms with Crippen LogP contribution in [-0.2, 0) is 20.9 Å². The van der Waals surface area contributed by atoms with E-state index < -0.39 is 0 Å². The van der Waals surface area contributed by atoms with E-state index in [-0.39, 0.29) is 29.8 Å². The molecule has 2 aromatic heterocycles. The fourth-order valence-electron chi connectivity index (χ4n) is 5.46. The fraction of sp³-hybridized carbons (Fsp3) is 0.538. The van der Waals surface area contributed by atoms with Gasteiger partial charge in [-0.05, 0) is 36.6 Å². The normalized spacial score (nSPS) is 24.4. The second kappa shape index (κ2) is 10.6. The molecule has 3 fully saturated rings. The number of likely N-dealkylation sites (tertiary alicyclic amines) is 1. The molecular formula is C26H33N5O3. The maximum Gasteiger partial charge on any atom is 0.233 e. The molecular weight excluding hydrogens is 430 g/mol. The molecule has 3 atom stereocenters. The first-order chi connectivity index (χ1) is 16.7. The number of piperazine rings is 1. The molecule has 2 saturated heterocycles. The topological polar surface area (TPSA) is 78.9 Å². The Morgan fingerprint density at radius 3 is 2.32 bits per heavy atom. The zero-order valence-electron chi connectivity index (χ0n) is 19.6. The summed E-state index contributed by atoms with van der Waals surface area (Å²) in [6.07, 6.45) is 8.87. The molecule has 8 heteroatoms. The van der Waals surface area contributed by atoms with Crippen molar-refractivity contribution >= 4 is 17.6 Å². The van der Waals surface area contributed by atoms with Crippen LogP contribution in [0.2, 0.25) is 0 Å². The molecule has 3 unspecified atom stereocenters. The molecule has 5 rings (SSSR count). The number of nitrogens with zero attached hydrogens (tertiary/aromatic N) is 5. The number of carbonyl (C=O) groups excluding carboxylic acids is 2. The van der Waals surface area contributed by atoms with E-state index in [1.165, 1.54) is 4.90 Å². The van der Waals surface area contributed by atoms with Crippen LogP contribution in [0.1, 0.15) is 31.2 Å². The smallest absolute Gasteiger partial charge is 0.233 e. The second-order valence-corrected chi connectivity index (χ2v) is 9.55. The molecule has 1 aliphatic carbocycles. The molecule has 2 aromatic rings. The Bertz CT molecular complexity index is 941. The van der Waals surface area contributed by atoms with Crippen LogP contribution in [0.25, 0.3) is 0 Å². The molecule has 1 saturated carbocycles. The van der Waals surface area contributed by atoms with Crippen molar-refractivity contribution in [3.05, 3.63) is 54.5 Å². The zero-order chi connectivity index (χ0) is 23.3. The van der Waals surface area contributed by atoms with Gasteiger partial charge in [0, 0.05) is 51.3 Å². The number of fused-ring (bicyclic) bond motifs is 1. The van der Waals surface area contributed by atoms with Gasteiger partial charge in [0.25, 0.3) is 0 Å². The van der Waals surface area contributed by atoms with Gasteiger partial charge in [-0.2, -0.15) is 0 Å². The lowest BCUT2D eigenvalue weighted by Crippen LogP contribution is -2.51. The van der Waals surface area contributed by atoms with E-state index in [2.05, 4.69) is 19.8 Å². The number of hydrogen-bond acceptors (Lipinski definition) is 7. The molecule has 4 heterocycles. The van der Waals surface area contributed by atoms with Gasteiger partial charge in [0.05, 0.1) is 31.1 Å². The van der Waals surface area contributed by atoms with Crippen LogP contribution in [0.5, 0.6) is 0 Å². The Morgan fingerprint density at radius 2 is 1.68 bits per heavy atom. The van der Waals surface area contributed by atoms with E-state index in [1.807, 2.05) is 36.5 Å². The van der Waals surface area contributed by atoms with Gasteiger partial charge in [0.2, 0.25) is 11.8 Å². The van der Waals surface area contributed by atoms with Gasteiger partial charge in [-0.3, -0.25) is 24.4 Å². The van der Waals surface area contributed by atoms with Crippen molar-refractivity contribution in [1.29, 1.82) is 0 Å². The molecule has 2 amide bonds. The summed E-state index contributed by atoms with van der Waals surface area (Å²) in [6.45, 7) is 4.96. The predicted octanol–water partition coefficient (Wildman–Crippen LogP) is 2.36. The van der Waals surface area contributed by atoms with Gasteiger partial charge in [-0.25, -0.2) is 4.98 Å². The van der Waals surface area contributed by atoms with Crippen LogP contribution >= 0.6 is 0 Å². The Balaban J connectivity index is 1.23. The molecule has 0 radical (unpaired) electrons. The maximum atomic E-state index is 13.1. The van der Waals surface area contributed by atoms with Crippen molar-refractivity contribution in [3.63, 3.8) is 0 Å². The average Bonchev–Trinajstić information content (AvgIpc) is 3.14. The Labute approximate surface area is 200 Å². The summed E-state index contributed by atoms with van der Waals surface area (Å²) >= 11 is 0. The van der Waals surface area contributed by atoms with Gasteiger partial charge in [-0.1, -0.05) is 25.0 Å². The lowest BCUT2D eigenvalue weighted by atomic mass is 9.81. The number of hydrogen-bond donors (Lipinski definition) is 0. The lowest BCUT2D eigenvalue weighted by molar-refractivity contribution is -0.142. The first-order valence-corrected chi connectivity index (χ1v) is 12.4. The number of rotatable bonds is 8. The van der Waals surface area contributed by atoms with E-state index in [9.17, 15) is 9.59 Å². The van der Waals surface area contributed by atoms with Crippen molar-refractivity contribution in [1.82, 2.24) is 19.8 Å². The minimum absolute atomic E-state index is 0.00430. The van der Waals surface area contributed by atoms with E-state index in [0.717, 1.165) is 63.2 Å². The number of imide groups is 1. The van der Waals surface area contributed by atoms with Gasteiger partial charge in [0.15, 0.2) is 0 Å². The summed E-state index contributed by atoms with van der Waals surface area (Å²) in [5, 5.41) is 0. The molecule has 0 N–H and O–H groups in total. The van der Waals surface area contributed by atoms with E-state index in [1.54, 1.807) is 12.4 Å². The summed E-state index contributed by atoms with van der Waals surface area (Å²) in [4.78, 5) is 40.9. The summed E-state index contributed by atoms with van der Waals surface area (Å²) < 4.78 is 6.30. The van der Waals surface area contributed by atoms with E-state index >= 15 is 0 Å². The SMILES string of the molecule is O=C1C2CCCCC2C(=O)N1CC(CN1CCN(c2ccccn2)CC1)OCc1cccnc1. The first-order valence-electron chi connectivity index (χ1n) is 12.4. The number of ether oxygens (including phenoxy) is 1. The van der Waals surface area contributed by atoms with Crippen LogP contribution < -0.4 is 4.90 Å². The maximum absolute atomic E-state index is 13.1. The summed E-state index contributed by atoms with van der Waals surface area (Å²) in [6, 6.07) is 9.86. The van der Waals surface area contributed by atoms with Crippen LogP contribution in [-0.4, -0.2) is 77.0 Å². The van der Waals surface area contributed by atoms with E-state index in [4.69, 9.17) is 4.74 Å². The third-order valence-electron chi connectivity index (χ3n) is 7.33. The highest BCUT2D eigenvalue weighted by Crippen LogP contribution is 2.38. The Kier molecular flexibility index (Phi) is 7.16. The lowest BCUT2D eigenvalue weighted by Gasteiger charge is -2.37. The molecule has 34 heavy (non-hydrogen) atoms. The van der Waals surface area contributed by atoms with Gasteiger partial charge >= 0.3 is 0 Å². The third-order valence-corrected chi connectivity index (χ3v) is 7.33. The third kappa shape index (κ3) is 5.13. The van der Waals surface area contributed by atoms with Gasteiger partial charge < -0.3 is 9.64 Å². The minimum Gasteiger partial charge on any atom is -0.370 e. The summed E-state index contributed by atoms with van der Waals surface area (Å²) in [5.74, 6) is 0.765. The molecule has 0 aromatic carbocycles. The Hall–Kier alpha value is -2.84. The molecule has 3 aliphatic rings. The summed E-state index contributed by atoms with van der Waals surface area (Å²) in [7, 11) is 0. The van der Waals surface area contributed by atoms with Gasteiger partial charge in [0.1, 0.15) is 5.82 Å². The minimum atomic E-state index is -0.241. The monoisotopic (exact) mass is 463 g/mol. The molecule has 0 spiro atoms. The highest BCUT2D eigenvalue weighted by atomic mass is 16.5. The molecule has 2 aliphatic heterocycles. The summed E-state index contributed by atoms with van der Waals surface area (Å²) in [5.41, 5.74) is 0.986.